The van der Waals surface area contributed by atoms with Crippen LogP contribution in [0.5, 0.6) is 0 Å². The van der Waals surface area contributed by atoms with Gasteiger partial charge in [0.05, 0.1) is 6.61 Å². The number of fused-ring (bicyclic) bond motifs is 1. The molecule has 0 bridgehead atoms. The number of hydrogen-bond acceptors (Lipinski definition) is 8. The number of aliphatic hydroxyl groups is 1. The van der Waals surface area contributed by atoms with Crippen LogP contribution in [0.1, 0.15) is 5.56 Å². The molecule has 0 fully saturated rings. The Morgan fingerprint density at radius 1 is 1.25 bits per heavy atom. The monoisotopic (exact) mass is 369 g/mol. The zero-order chi connectivity index (χ0) is 17.1. The number of nitrogen functional groups attached to an aromatic ring is 1. The number of benzene rings is 1. The van der Waals surface area contributed by atoms with Crippen LogP contribution >= 0.6 is 23.1 Å². The molecule has 0 saturated carbocycles. The van der Waals surface area contributed by atoms with Crippen molar-refractivity contribution < 1.29 is 13.9 Å². The van der Waals surface area contributed by atoms with Gasteiger partial charge < -0.3 is 16.2 Å². The van der Waals surface area contributed by atoms with Crippen molar-refractivity contribution in [3.8, 4) is 0 Å². The molecule has 1 aromatic carbocycles. The van der Waals surface area contributed by atoms with Crippen molar-refractivity contribution in [2.75, 3.05) is 24.2 Å². The molecule has 0 aliphatic carbocycles. The lowest BCUT2D eigenvalue weighted by molar-refractivity contribution is 0.311. The molecule has 0 saturated heterocycles. The van der Waals surface area contributed by atoms with E-state index in [0.717, 1.165) is 17.8 Å². The van der Waals surface area contributed by atoms with E-state index in [1.54, 1.807) is 0 Å². The molecule has 0 radical (unpaired) electrons. The molecule has 0 aliphatic rings. The van der Waals surface area contributed by atoms with E-state index in [0.29, 0.717) is 33.0 Å². The Morgan fingerprint density at radius 3 is 2.88 bits per heavy atom. The Bertz CT molecular complexity index is 874. The van der Waals surface area contributed by atoms with Crippen molar-refractivity contribution in [1.29, 1.82) is 0 Å². The maximum Gasteiger partial charge on any atom is 0.191 e. The molecule has 6 nitrogen and oxygen atoms in total. The van der Waals surface area contributed by atoms with Gasteiger partial charge in [0.15, 0.2) is 33.4 Å². The lowest BCUT2D eigenvalue weighted by Crippen LogP contribution is -2.08. The van der Waals surface area contributed by atoms with Crippen molar-refractivity contribution in [2.24, 2.45) is 0 Å². The molecular weight excluding hydrogens is 356 g/mol. The first-order valence-electron chi connectivity index (χ1n) is 6.93. The number of halogens is 2. The number of nitrogens with one attached hydrogen (secondary N) is 1. The number of hydrogen-bond donors (Lipinski definition) is 3. The summed E-state index contributed by atoms with van der Waals surface area (Å²) in [6, 6.07) is 4.03. The molecule has 0 spiro atoms. The number of nitrogens with two attached hydrogens (primary N) is 1. The van der Waals surface area contributed by atoms with E-state index in [4.69, 9.17) is 10.8 Å². The summed E-state index contributed by atoms with van der Waals surface area (Å²) in [5.74, 6) is -1.08. The van der Waals surface area contributed by atoms with E-state index >= 15 is 0 Å². The van der Waals surface area contributed by atoms with Crippen LogP contribution in [0.2, 0.25) is 0 Å². The van der Waals surface area contributed by atoms with Crippen molar-refractivity contribution >= 4 is 44.4 Å². The van der Waals surface area contributed by atoms with Gasteiger partial charge in [-0.05, 0) is 6.07 Å². The van der Waals surface area contributed by atoms with E-state index in [1.165, 1.54) is 23.5 Å². The highest BCUT2D eigenvalue weighted by Crippen LogP contribution is 2.31. The third-order valence-corrected chi connectivity index (χ3v) is 4.82. The molecule has 0 atom stereocenters. The van der Waals surface area contributed by atoms with E-state index in [-0.39, 0.29) is 17.9 Å². The topological polar surface area (TPSA) is 97.0 Å². The number of nitrogens with zero attached hydrogens (tertiary/aromatic N) is 3. The van der Waals surface area contributed by atoms with Crippen molar-refractivity contribution in [3.05, 3.63) is 35.4 Å². The van der Waals surface area contributed by atoms with Crippen LogP contribution in [0, 0.1) is 11.6 Å². The quantitative estimate of drug-likeness (QED) is 0.454. The van der Waals surface area contributed by atoms with E-state index in [9.17, 15) is 8.78 Å². The van der Waals surface area contributed by atoms with Gasteiger partial charge in [0.2, 0.25) is 0 Å². The summed E-state index contributed by atoms with van der Waals surface area (Å²) in [6.45, 7) is 0.253. The zero-order valence-corrected chi connectivity index (χ0v) is 13.9. The molecule has 0 amide bonds. The molecule has 4 N–H and O–H groups in total. The second-order valence-corrected chi connectivity index (χ2v) is 6.68. The Balaban J connectivity index is 1.87. The number of rotatable bonds is 6. The molecule has 10 heteroatoms. The lowest BCUT2D eigenvalue weighted by atomic mass is 10.2. The standard InChI is InChI=1S/C14H13F2N5OS2/c15-8-3-1-2-7(9(8)16)6-23-14-20-11(18-4-5-22)10-12(21-14)19-13(17)24-10/h1-3,22H,4-6H2,(H3,17,18,19,20,21). The predicted molar refractivity (Wildman–Crippen MR) is 91.1 cm³/mol. The summed E-state index contributed by atoms with van der Waals surface area (Å²) in [5.41, 5.74) is 6.36. The second kappa shape index (κ2) is 7.24. The molecule has 3 aromatic rings. The van der Waals surface area contributed by atoms with Gasteiger partial charge in [-0.25, -0.2) is 23.7 Å². The van der Waals surface area contributed by atoms with Crippen molar-refractivity contribution in [2.45, 2.75) is 10.9 Å². The summed E-state index contributed by atoms with van der Waals surface area (Å²) in [4.78, 5) is 12.8. The van der Waals surface area contributed by atoms with Gasteiger partial charge >= 0.3 is 0 Å². The van der Waals surface area contributed by atoms with Crippen LogP contribution in [0.3, 0.4) is 0 Å². The average Bonchev–Trinajstić information content (AvgIpc) is 2.94. The van der Waals surface area contributed by atoms with Gasteiger partial charge in [-0.15, -0.1) is 0 Å². The van der Waals surface area contributed by atoms with Gasteiger partial charge in [-0.1, -0.05) is 35.2 Å². The molecular formula is C14H13F2N5OS2. The molecule has 2 heterocycles. The normalized spacial score (nSPS) is 11.1. The second-order valence-electron chi connectivity index (χ2n) is 4.71. The van der Waals surface area contributed by atoms with Gasteiger partial charge in [-0.2, -0.15) is 0 Å². The van der Waals surface area contributed by atoms with Gasteiger partial charge in [-0.3, -0.25) is 0 Å². The van der Waals surface area contributed by atoms with Crippen LogP contribution in [0.25, 0.3) is 10.3 Å². The number of thiazole rings is 1. The molecule has 0 unspecified atom stereocenters. The summed E-state index contributed by atoms with van der Waals surface area (Å²) in [6.07, 6.45) is 0. The third kappa shape index (κ3) is 3.55. The number of aromatic nitrogens is 3. The first kappa shape index (κ1) is 16.8. The summed E-state index contributed by atoms with van der Waals surface area (Å²) >= 11 is 2.40. The van der Waals surface area contributed by atoms with E-state index in [2.05, 4.69) is 20.3 Å². The van der Waals surface area contributed by atoms with Crippen molar-refractivity contribution in [1.82, 2.24) is 15.0 Å². The zero-order valence-electron chi connectivity index (χ0n) is 12.3. The summed E-state index contributed by atoms with van der Waals surface area (Å²) < 4.78 is 27.6. The molecule has 3 rings (SSSR count). The summed E-state index contributed by atoms with van der Waals surface area (Å²) in [7, 11) is 0. The molecule has 0 aliphatic heterocycles. The fourth-order valence-corrected chi connectivity index (χ4v) is 3.53. The molecule has 2 aromatic heterocycles. The van der Waals surface area contributed by atoms with Gasteiger partial charge in [0, 0.05) is 17.9 Å². The molecule has 126 valence electrons. The first-order chi connectivity index (χ1) is 11.6. The highest BCUT2D eigenvalue weighted by atomic mass is 32.2. The Morgan fingerprint density at radius 2 is 2.08 bits per heavy atom. The molecule has 24 heavy (non-hydrogen) atoms. The largest absolute Gasteiger partial charge is 0.395 e. The number of anilines is 2. The van der Waals surface area contributed by atoms with Crippen LogP contribution < -0.4 is 11.1 Å². The van der Waals surface area contributed by atoms with Gasteiger partial charge in [0.1, 0.15) is 4.70 Å². The van der Waals surface area contributed by atoms with Gasteiger partial charge in [0.25, 0.3) is 0 Å². The first-order valence-corrected chi connectivity index (χ1v) is 8.73. The van der Waals surface area contributed by atoms with Crippen LogP contribution in [-0.4, -0.2) is 33.2 Å². The maximum atomic E-state index is 13.7. The highest BCUT2D eigenvalue weighted by molar-refractivity contribution is 7.98. The Hall–Kier alpha value is -2.04. The maximum absolute atomic E-state index is 13.7. The minimum atomic E-state index is -0.887. The van der Waals surface area contributed by atoms with E-state index in [1.807, 2.05) is 0 Å². The van der Waals surface area contributed by atoms with Crippen LogP contribution in [-0.2, 0) is 5.75 Å². The highest BCUT2D eigenvalue weighted by Gasteiger charge is 2.14. The Labute approximate surface area is 144 Å². The lowest BCUT2D eigenvalue weighted by Gasteiger charge is -2.07. The smallest absolute Gasteiger partial charge is 0.191 e. The van der Waals surface area contributed by atoms with Crippen LogP contribution in [0.4, 0.5) is 19.7 Å². The minimum absolute atomic E-state index is 0.0588. The van der Waals surface area contributed by atoms with Crippen molar-refractivity contribution in [3.63, 3.8) is 0 Å². The predicted octanol–water partition coefficient (Wildman–Crippen LogP) is 2.64. The van der Waals surface area contributed by atoms with E-state index < -0.39 is 11.6 Å². The number of thioether (sulfide) groups is 1. The van der Waals surface area contributed by atoms with Crippen LogP contribution in [0.15, 0.2) is 23.4 Å². The average molecular weight is 369 g/mol. The minimum Gasteiger partial charge on any atom is -0.395 e. The Kier molecular flexibility index (Phi) is 5.07. The summed E-state index contributed by atoms with van der Waals surface area (Å²) in [5, 5.41) is 12.6. The fourth-order valence-electron chi connectivity index (χ4n) is 1.98. The number of aliphatic hydroxyl groups excluding tert-OH is 1. The SMILES string of the molecule is Nc1nc2nc(SCc3cccc(F)c3F)nc(NCCO)c2s1. The third-order valence-electron chi connectivity index (χ3n) is 3.04. The fraction of sp³-hybridized carbons (Fsp3) is 0.214.